The van der Waals surface area contributed by atoms with Crippen molar-refractivity contribution in [1.29, 1.82) is 0 Å². The lowest BCUT2D eigenvalue weighted by atomic mass is 9.95. The minimum atomic E-state index is -0.0670. The summed E-state index contributed by atoms with van der Waals surface area (Å²) in [7, 11) is 0. The molecule has 0 spiro atoms. The Morgan fingerprint density at radius 2 is 1.39 bits per heavy atom. The van der Waals surface area contributed by atoms with Crippen molar-refractivity contribution in [3.63, 3.8) is 0 Å². The van der Waals surface area contributed by atoms with Gasteiger partial charge in [0.15, 0.2) is 0 Å². The van der Waals surface area contributed by atoms with Crippen LogP contribution in [0.4, 0.5) is 11.5 Å². The van der Waals surface area contributed by atoms with Crippen LogP contribution in [0.2, 0.25) is 0 Å². The van der Waals surface area contributed by atoms with E-state index >= 15 is 0 Å². The number of likely N-dealkylation sites (tertiary alicyclic amines) is 2. The van der Waals surface area contributed by atoms with Gasteiger partial charge in [0.1, 0.15) is 5.82 Å². The lowest BCUT2D eigenvalue weighted by Crippen LogP contribution is -2.47. The van der Waals surface area contributed by atoms with Crippen LogP contribution in [0.15, 0.2) is 54.7 Å². The number of nitrogens with one attached hydrogen (secondary N) is 2. The minimum Gasteiger partial charge on any atom is -0.342 e. The highest BCUT2D eigenvalue weighted by atomic mass is 16.2. The SMILES string of the molecule is O=C(Nc1ccccc1)C1CCN(C(=O)CN2CCC(C(=O)Nc3ccccn3)CC2)CC1. The van der Waals surface area contributed by atoms with E-state index in [0.29, 0.717) is 38.3 Å². The molecule has 2 saturated heterocycles. The molecule has 33 heavy (non-hydrogen) atoms. The van der Waals surface area contributed by atoms with Crippen LogP contribution in [0.1, 0.15) is 25.7 Å². The van der Waals surface area contributed by atoms with Gasteiger partial charge in [0, 0.05) is 36.8 Å². The molecule has 1 aromatic heterocycles. The molecule has 8 heteroatoms. The smallest absolute Gasteiger partial charge is 0.236 e. The Morgan fingerprint density at radius 1 is 0.788 bits per heavy atom. The highest BCUT2D eigenvalue weighted by Crippen LogP contribution is 2.22. The summed E-state index contributed by atoms with van der Waals surface area (Å²) >= 11 is 0. The van der Waals surface area contributed by atoms with Crippen LogP contribution in [0.25, 0.3) is 0 Å². The number of anilines is 2. The Labute approximate surface area is 194 Å². The molecule has 0 saturated carbocycles. The Bertz CT molecular complexity index is 937. The highest BCUT2D eigenvalue weighted by molar-refractivity contribution is 5.93. The van der Waals surface area contributed by atoms with Gasteiger partial charge < -0.3 is 15.5 Å². The van der Waals surface area contributed by atoms with Gasteiger partial charge in [0.05, 0.1) is 6.54 Å². The molecule has 2 aliphatic heterocycles. The number of hydrogen-bond acceptors (Lipinski definition) is 5. The first-order valence-corrected chi connectivity index (χ1v) is 11.7. The second kappa shape index (κ2) is 11.0. The zero-order valence-electron chi connectivity index (χ0n) is 18.8. The first-order chi connectivity index (χ1) is 16.1. The van der Waals surface area contributed by atoms with Crippen molar-refractivity contribution in [3.05, 3.63) is 54.7 Å². The Morgan fingerprint density at radius 3 is 2.03 bits per heavy atom. The fourth-order valence-electron chi connectivity index (χ4n) is 4.47. The normalized spacial score (nSPS) is 18.0. The van der Waals surface area contributed by atoms with Gasteiger partial charge in [-0.05, 0) is 63.0 Å². The van der Waals surface area contributed by atoms with Gasteiger partial charge in [-0.3, -0.25) is 19.3 Å². The van der Waals surface area contributed by atoms with Crippen molar-refractivity contribution < 1.29 is 14.4 Å². The predicted octanol–water partition coefficient (Wildman–Crippen LogP) is 2.61. The molecule has 2 aliphatic rings. The monoisotopic (exact) mass is 449 g/mol. The summed E-state index contributed by atoms with van der Waals surface area (Å²) in [5, 5.41) is 5.83. The third-order valence-electron chi connectivity index (χ3n) is 6.49. The van der Waals surface area contributed by atoms with Crippen molar-refractivity contribution in [3.8, 4) is 0 Å². The van der Waals surface area contributed by atoms with E-state index in [9.17, 15) is 14.4 Å². The molecule has 0 unspecified atom stereocenters. The third kappa shape index (κ3) is 6.38. The van der Waals surface area contributed by atoms with Crippen LogP contribution in [0.5, 0.6) is 0 Å². The molecule has 0 atom stereocenters. The lowest BCUT2D eigenvalue weighted by molar-refractivity contribution is -0.136. The fourth-order valence-corrected chi connectivity index (χ4v) is 4.47. The molecule has 0 aliphatic carbocycles. The van der Waals surface area contributed by atoms with E-state index < -0.39 is 0 Å². The second-order valence-corrected chi connectivity index (χ2v) is 8.76. The topological polar surface area (TPSA) is 94.6 Å². The summed E-state index contributed by atoms with van der Waals surface area (Å²) in [5.41, 5.74) is 0.804. The van der Waals surface area contributed by atoms with Crippen LogP contribution in [-0.4, -0.2) is 65.2 Å². The maximum absolute atomic E-state index is 12.8. The molecule has 2 fully saturated rings. The number of aromatic nitrogens is 1. The number of carbonyl (C=O) groups is 3. The van der Waals surface area contributed by atoms with E-state index in [1.54, 1.807) is 12.3 Å². The van der Waals surface area contributed by atoms with E-state index in [2.05, 4.69) is 20.5 Å². The van der Waals surface area contributed by atoms with Crippen molar-refractivity contribution in [1.82, 2.24) is 14.8 Å². The first kappa shape index (κ1) is 22.9. The Hall–Kier alpha value is -3.26. The molecule has 1 aromatic carbocycles. The number of carbonyl (C=O) groups excluding carboxylic acids is 3. The van der Waals surface area contributed by atoms with Gasteiger partial charge in [-0.2, -0.15) is 0 Å². The summed E-state index contributed by atoms with van der Waals surface area (Å²) in [6, 6.07) is 14.9. The fraction of sp³-hybridized carbons (Fsp3) is 0.440. The van der Waals surface area contributed by atoms with Crippen LogP contribution in [0.3, 0.4) is 0 Å². The summed E-state index contributed by atoms with van der Waals surface area (Å²) in [6.45, 7) is 3.03. The zero-order valence-corrected chi connectivity index (χ0v) is 18.8. The number of amides is 3. The first-order valence-electron chi connectivity index (χ1n) is 11.7. The average molecular weight is 450 g/mol. The van der Waals surface area contributed by atoms with Gasteiger partial charge >= 0.3 is 0 Å². The van der Waals surface area contributed by atoms with Crippen LogP contribution in [-0.2, 0) is 14.4 Å². The summed E-state index contributed by atoms with van der Waals surface area (Å²) < 4.78 is 0. The largest absolute Gasteiger partial charge is 0.342 e. The molecule has 3 heterocycles. The molecule has 2 aromatic rings. The number of piperidine rings is 2. The van der Waals surface area contributed by atoms with Crippen LogP contribution >= 0.6 is 0 Å². The molecule has 3 amide bonds. The number of nitrogens with zero attached hydrogens (tertiary/aromatic N) is 3. The van der Waals surface area contributed by atoms with Crippen LogP contribution in [0, 0.1) is 11.8 Å². The summed E-state index contributed by atoms with van der Waals surface area (Å²) in [5.74, 6) is 0.573. The quantitative estimate of drug-likeness (QED) is 0.707. The number of para-hydroxylation sites is 1. The minimum absolute atomic E-state index is 0.00414. The number of benzene rings is 1. The van der Waals surface area contributed by atoms with Crippen molar-refractivity contribution in [2.24, 2.45) is 11.8 Å². The van der Waals surface area contributed by atoms with E-state index in [4.69, 9.17) is 0 Å². The Kier molecular flexibility index (Phi) is 7.67. The molecule has 4 rings (SSSR count). The maximum Gasteiger partial charge on any atom is 0.236 e. The third-order valence-corrected chi connectivity index (χ3v) is 6.49. The zero-order chi connectivity index (χ0) is 23.0. The number of rotatable bonds is 6. The number of hydrogen-bond donors (Lipinski definition) is 2. The van der Waals surface area contributed by atoms with Gasteiger partial charge in [-0.25, -0.2) is 4.98 Å². The molecule has 174 valence electrons. The highest BCUT2D eigenvalue weighted by Gasteiger charge is 2.30. The van der Waals surface area contributed by atoms with Crippen molar-refractivity contribution in [2.45, 2.75) is 25.7 Å². The molecule has 0 radical (unpaired) electrons. The van der Waals surface area contributed by atoms with E-state index in [1.165, 1.54) is 0 Å². The molecule has 8 nitrogen and oxygen atoms in total. The van der Waals surface area contributed by atoms with E-state index in [0.717, 1.165) is 31.6 Å². The van der Waals surface area contributed by atoms with Crippen molar-refractivity contribution in [2.75, 3.05) is 43.4 Å². The molecular weight excluding hydrogens is 418 g/mol. The lowest BCUT2D eigenvalue weighted by Gasteiger charge is -2.35. The average Bonchev–Trinajstić information content (AvgIpc) is 2.86. The Balaban J connectivity index is 1.16. The summed E-state index contributed by atoms with van der Waals surface area (Å²) in [4.78, 5) is 45.9. The standard InChI is InChI=1S/C25H31N5O3/c31-23(30-16-11-20(12-17-30)24(32)27-21-6-2-1-3-7-21)18-29-14-9-19(10-15-29)25(33)28-22-8-4-5-13-26-22/h1-8,13,19-20H,9-12,14-18H2,(H,27,32)(H,26,28,33). The van der Waals surface area contributed by atoms with Crippen molar-refractivity contribution >= 4 is 29.2 Å². The number of pyridine rings is 1. The van der Waals surface area contributed by atoms with Gasteiger partial charge in [-0.1, -0.05) is 24.3 Å². The van der Waals surface area contributed by atoms with E-state index in [-0.39, 0.29) is 29.6 Å². The molecule has 2 N–H and O–H groups in total. The van der Waals surface area contributed by atoms with Gasteiger partial charge in [0.2, 0.25) is 17.7 Å². The second-order valence-electron chi connectivity index (χ2n) is 8.76. The maximum atomic E-state index is 12.8. The van der Waals surface area contributed by atoms with Crippen LogP contribution < -0.4 is 10.6 Å². The van der Waals surface area contributed by atoms with Gasteiger partial charge in [0.25, 0.3) is 0 Å². The molecular formula is C25H31N5O3. The van der Waals surface area contributed by atoms with Gasteiger partial charge in [-0.15, -0.1) is 0 Å². The summed E-state index contributed by atoms with van der Waals surface area (Å²) in [6.07, 6.45) is 4.48. The van der Waals surface area contributed by atoms with E-state index in [1.807, 2.05) is 47.4 Å². The predicted molar refractivity (Wildman–Crippen MR) is 126 cm³/mol. The molecule has 0 bridgehead atoms.